The number of rotatable bonds is 5. The van der Waals surface area contributed by atoms with Crippen LogP contribution in [0.2, 0.25) is 0 Å². The van der Waals surface area contributed by atoms with E-state index < -0.39 is 23.9 Å². The van der Waals surface area contributed by atoms with E-state index in [1.54, 1.807) is 25.1 Å². The molecule has 0 radical (unpaired) electrons. The second-order valence-corrected chi connectivity index (χ2v) is 8.80. The minimum atomic E-state index is -0.679. The van der Waals surface area contributed by atoms with E-state index in [4.69, 9.17) is 4.74 Å². The summed E-state index contributed by atoms with van der Waals surface area (Å²) in [5.41, 5.74) is 3.09. The summed E-state index contributed by atoms with van der Waals surface area (Å²) in [5.74, 6) is -0.366. The van der Waals surface area contributed by atoms with Gasteiger partial charge in [-0.05, 0) is 49.1 Å². The minimum absolute atomic E-state index is 0.114. The molecule has 1 aliphatic heterocycles. The van der Waals surface area contributed by atoms with E-state index in [9.17, 15) is 14.4 Å². The molecule has 0 spiro atoms. The van der Waals surface area contributed by atoms with Crippen molar-refractivity contribution in [3.8, 4) is 5.75 Å². The van der Waals surface area contributed by atoms with Gasteiger partial charge >= 0.3 is 6.03 Å². The summed E-state index contributed by atoms with van der Waals surface area (Å²) in [6.07, 6.45) is 0. The highest BCUT2D eigenvalue weighted by molar-refractivity contribution is 6.16. The standard InChI is InChI=1S/C24H29N3O4/c1-15-7-10-18(11-8-15)27-16(2)22(29)26(23(27)30)14-21(28)25-19-13-17(24(3,4)5)9-12-20(19)31-6/h7-13,16H,14H2,1-6H3,(H,25,28)/t16-/m1/s1. The van der Waals surface area contributed by atoms with Gasteiger partial charge in [-0.15, -0.1) is 0 Å². The molecule has 31 heavy (non-hydrogen) atoms. The number of nitrogens with zero attached hydrogens (tertiary/aromatic N) is 2. The van der Waals surface area contributed by atoms with Gasteiger partial charge in [-0.1, -0.05) is 44.5 Å². The molecule has 0 aromatic heterocycles. The summed E-state index contributed by atoms with van der Waals surface area (Å²) in [6.45, 7) is 9.46. The van der Waals surface area contributed by atoms with Crippen molar-refractivity contribution in [2.75, 3.05) is 23.9 Å². The lowest BCUT2D eigenvalue weighted by Crippen LogP contribution is -2.39. The Bertz CT molecular complexity index is 1010. The zero-order chi connectivity index (χ0) is 22.9. The molecule has 1 atom stereocenters. The predicted octanol–water partition coefficient (Wildman–Crippen LogP) is 4.10. The van der Waals surface area contributed by atoms with E-state index >= 15 is 0 Å². The van der Waals surface area contributed by atoms with Crippen LogP contribution in [0, 0.1) is 6.92 Å². The largest absolute Gasteiger partial charge is 0.495 e. The molecule has 0 saturated carbocycles. The number of anilines is 2. The number of benzene rings is 2. The summed E-state index contributed by atoms with van der Waals surface area (Å²) >= 11 is 0. The molecule has 0 bridgehead atoms. The van der Waals surface area contributed by atoms with Crippen LogP contribution in [0.15, 0.2) is 42.5 Å². The smallest absolute Gasteiger partial charge is 0.332 e. The first-order chi connectivity index (χ1) is 14.5. The Morgan fingerprint density at radius 1 is 1.10 bits per heavy atom. The van der Waals surface area contributed by atoms with Crippen molar-refractivity contribution in [1.82, 2.24) is 4.90 Å². The number of ether oxygens (including phenoxy) is 1. The first-order valence-electron chi connectivity index (χ1n) is 10.2. The molecule has 1 fully saturated rings. The first-order valence-corrected chi connectivity index (χ1v) is 10.2. The van der Waals surface area contributed by atoms with Crippen LogP contribution in [-0.2, 0) is 15.0 Å². The Hall–Kier alpha value is -3.35. The maximum Gasteiger partial charge on any atom is 0.332 e. The van der Waals surface area contributed by atoms with E-state index in [2.05, 4.69) is 26.1 Å². The number of nitrogens with one attached hydrogen (secondary N) is 1. The Balaban J connectivity index is 1.78. The van der Waals surface area contributed by atoms with Gasteiger partial charge in [-0.2, -0.15) is 0 Å². The molecule has 4 amide bonds. The number of aryl methyl sites for hydroxylation is 1. The van der Waals surface area contributed by atoms with Gasteiger partial charge in [0.15, 0.2) is 0 Å². The van der Waals surface area contributed by atoms with Crippen molar-refractivity contribution in [2.45, 2.75) is 46.1 Å². The van der Waals surface area contributed by atoms with Gasteiger partial charge in [0.1, 0.15) is 18.3 Å². The third-order valence-electron chi connectivity index (χ3n) is 5.40. The number of urea groups is 1. The van der Waals surface area contributed by atoms with Crippen LogP contribution < -0.4 is 15.0 Å². The van der Waals surface area contributed by atoms with Gasteiger partial charge in [0, 0.05) is 5.69 Å². The molecular formula is C24H29N3O4. The number of hydrogen-bond donors (Lipinski definition) is 1. The van der Waals surface area contributed by atoms with E-state index in [0.717, 1.165) is 16.0 Å². The van der Waals surface area contributed by atoms with Crippen molar-refractivity contribution < 1.29 is 19.1 Å². The maximum absolute atomic E-state index is 12.9. The molecule has 1 aliphatic rings. The van der Waals surface area contributed by atoms with Gasteiger partial charge in [0.25, 0.3) is 5.91 Å². The minimum Gasteiger partial charge on any atom is -0.495 e. The van der Waals surface area contributed by atoms with Crippen molar-refractivity contribution in [3.63, 3.8) is 0 Å². The third kappa shape index (κ3) is 4.55. The molecule has 2 aromatic rings. The zero-order valence-electron chi connectivity index (χ0n) is 18.9. The first kappa shape index (κ1) is 22.3. The number of imide groups is 1. The normalized spacial score (nSPS) is 16.6. The number of carbonyl (C=O) groups is 3. The van der Waals surface area contributed by atoms with Gasteiger partial charge in [0.05, 0.1) is 12.8 Å². The molecule has 0 unspecified atom stereocenters. The number of hydrogen-bond acceptors (Lipinski definition) is 4. The number of amides is 4. The quantitative estimate of drug-likeness (QED) is 0.735. The van der Waals surface area contributed by atoms with E-state index in [1.807, 2.05) is 31.2 Å². The van der Waals surface area contributed by atoms with Crippen LogP contribution in [0.1, 0.15) is 38.8 Å². The Morgan fingerprint density at radius 2 is 1.74 bits per heavy atom. The van der Waals surface area contributed by atoms with Gasteiger partial charge in [-0.3, -0.25) is 19.4 Å². The molecule has 1 heterocycles. The summed E-state index contributed by atoms with van der Waals surface area (Å²) < 4.78 is 5.36. The highest BCUT2D eigenvalue weighted by Crippen LogP contribution is 2.32. The fourth-order valence-corrected chi connectivity index (χ4v) is 3.52. The summed E-state index contributed by atoms with van der Waals surface area (Å²) in [4.78, 5) is 40.8. The Kier molecular flexibility index (Phi) is 6.06. The SMILES string of the molecule is COc1ccc(C(C)(C)C)cc1NC(=O)CN1C(=O)[C@@H](C)N(c2ccc(C)cc2)C1=O. The average molecular weight is 424 g/mol. The molecular weight excluding hydrogens is 394 g/mol. The van der Waals surface area contributed by atoms with E-state index in [1.165, 1.54) is 12.0 Å². The van der Waals surface area contributed by atoms with Crippen LogP contribution in [0.5, 0.6) is 5.75 Å². The van der Waals surface area contributed by atoms with Crippen molar-refractivity contribution in [3.05, 3.63) is 53.6 Å². The highest BCUT2D eigenvalue weighted by atomic mass is 16.5. The fourth-order valence-electron chi connectivity index (χ4n) is 3.52. The fraction of sp³-hybridized carbons (Fsp3) is 0.375. The van der Waals surface area contributed by atoms with Gasteiger partial charge in [-0.25, -0.2) is 4.79 Å². The molecule has 1 N–H and O–H groups in total. The van der Waals surface area contributed by atoms with E-state index in [0.29, 0.717) is 17.1 Å². The zero-order valence-corrected chi connectivity index (χ0v) is 18.9. The monoisotopic (exact) mass is 423 g/mol. The molecule has 0 aliphatic carbocycles. The van der Waals surface area contributed by atoms with Crippen LogP contribution in [0.25, 0.3) is 0 Å². The number of carbonyl (C=O) groups excluding carboxylic acids is 3. The molecule has 1 saturated heterocycles. The second kappa shape index (κ2) is 8.41. The third-order valence-corrected chi connectivity index (χ3v) is 5.40. The molecule has 7 heteroatoms. The second-order valence-electron chi connectivity index (χ2n) is 8.80. The predicted molar refractivity (Wildman–Crippen MR) is 121 cm³/mol. The van der Waals surface area contributed by atoms with Crippen LogP contribution in [0.3, 0.4) is 0 Å². The summed E-state index contributed by atoms with van der Waals surface area (Å²) in [6, 6.07) is 11.8. The molecule has 3 rings (SSSR count). The average Bonchev–Trinajstić information content (AvgIpc) is 2.91. The van der Waals surface area contributed by atoms with Crippen LogP contribution in [-0.4, -0.2) is 42.4 Å². The topological polar surface area (TPSA) is 79.0 Å². The van der Waals surface area contributed by atoms with Gasteiger partial charge in [0.2, 0.25) is 5.91 Å². The van der Waals surface area contributed by atoms with Crippen molar-refractivity contribution >= 4 is 29.2 Å². The van der Waals surface area contributed by atoms with Crippen molar-refractivity contribution in [1.29, 1.82) is 0 Å². The Labute approximate surface area is 183 Å². The van der Waals surface area contributed by atoms with E-state index in [-0.39, 0.29) is 12.0 Å². The molecule has 7 nitrogen and oxygen atoms in total. The maximum atomic E-state index is 12.9. The van der Waals surface area contributed by atoms with Crippen molar-refractivity contribution in [2.24, 2.45) is 0 Å². The van der Waals surface area contributed by atoms with Gasteiger partial charge < -0.3 is 10.1 Å². The molecule has 164 valence electrons. The summed E-state index contributed by atoms with van der Waals surface area (Å²) in [5, 5.41) is 2.79. The van der Waals surface area contributed by atoms with Crippen LogP contribution >= 0.6 is 0 Å². The molecule has 2 aromatic carbocycles. The number of methoxy groups -OCH3 is 1. The summed E-state index contributed by atoms with van der Waals surface area (Å²) in [7, 11) is 1.52. The lowest BCUT2D eigenvalue weighted by atomic mass is 9.87. The lowest BCUT2D eigenvalue weighted by molar-refractivity contribution is -0.130. The Morgan fingerprint density at radius 3 is 2.32 bits per heavy atom. The van der Waals surface area contributed by atoms with Crippen LogP contribution in [0.4, 0.5) is 16.2 Å². The lowest BCUT2D eigenvalue weighted by Gasteiger charge is -2.22. The highest BCUT2D eigenvalue weighted by Gasteiger charge is 2.44.